The highest BCUT2D eigenvalue weighted by Crippen LogP contribution is 2.23. The summed E-state index contributed by atoms with van der Waals surface area (Å²) in [7, 11) is 0. The zero-order valence-corrected chi connectivity index (χ0v) is 10.7. The van der Waals surface area contributed by atoms with Gasteiger partial charge in [-0.1, -0.05) is 18.2 Å². The van der Waals surface area contributed by atoms with Gasteiger partial charge in [-0.3, -0.25) is 4.79 Å². The number of nitrogens with one attached hydrogen (secondary N) is 1. The second-order valence-electron chi connectivity index (χ2n) is 5.05. The average Bonchev–Trinajstić information content (AvgIpc) is 2.77. The zero-order valence-electron chi connectivity index (χ0n) is 10.7. The summed E-state index contributed by atoms with van der Waals surface area (Å²) in [6.45, 7) is 3.40. The molecule has 4 heteroatoms. The highest BCUT2D eigenvalue weighted by molar-refractivity contribution is 5.80. The molecule has 0 bridgehead atoms. The number of carbonyl (C=O) groups is 1. The first-order valence-corrected chi connectivity index (χ1v) is 6.33. The van der Waals surface area contributed by atoms with E-state index in [2.05, 4.69) is 5.32 Å². The first kappa shape index (κ1) is 12.9. The molecule has 1 unspecified atom stereocenters. The number of nitrogens with two attached hydrogens (primary N) is 1. The van der Waals surface area contributed by atoms with E-state index in [-0.39, 0.29) is 11.5 Å². The monoisotopic (exact) mass is 248 g/mol. The SMILES string of the molecule is CC1(CNC(=O)Cc2ccccc2N)CCCO1. The number of ether oxygens (including phenoxy) is 1. The highest BCUT2D eigenvalue weighted by Gasteiger charge is 2.29. The molecule has 98 valence electrons. The topological polar surface area (TPSA) is 64.4 Å². The second kappa shape index (κ2) is 5.40. The Morgan fingerprint density at radius 3 is 2.94 bits per heavy atom. The van der Waals surface area contributed by atoms with E-state index in [1.54, 1.807) is 0 Å². The van der Waals surface area contributed by atoms with E-state index in [1.165, 1.54) is 0 Å². The highest BCUT2D eigenvalue weighted by atomic mass is 16.5. The summed E-state index contributed by atoms with van der Waals surface area (Å²) >= 11 is 0. The molecule has 3 N–H and O–H groups in total. The summed E-state index contributed by atoms with van der Waals surface area (Å²) in [6, 6.07) is 7.44. The van der Waals surface area contributed by atoms with Crippen LogP contribution in [-0.2, 0) is 16.0 Å². The number of carbonyl (C=O) groups excluding carboxylic acids is 1. The van der Waals surface area contributed by atoms with Gasteiger partial charge in [-0.15, -0.1) is 0 Å². The lowest BCUT2D eigenvalue weighted by Crippen LogP contribution is -2.40. The molecular formula is C14H20N2O2. The van der Waals surface area contributed by atoms with Crippen molar-refractivity contribution in [2.45, 2.75) is 31.8 Å². The third-order valence-corrected chi connectivity index (χ3v) is 3.37. The van der Waals surface area contributed by atoms with Crippen molar-refractivity contribution in [1.82, 2.24) is 5.32 Å². The lowest BCUT2D eigenvalue weighted by atomic mass is 10.0. The van der Waals surface area contributed by atoms with Gasteiger partial charge in [0.05, 0.1) is 12.0 Å². The Kier molecular flexibility index (Phi) is 3.87. The van der Waals surface area contributed by atoms with E-state index in [0.29, 0.717) is 18.7 Å². The van der Waals surface area contributed by atoms with E-state index in [0.717, 1.165) is 25.0 Å². The van der Waals surface area contributed by atoms with Gasteiger partial charge in [0.15, 0.2) is 0 Å². The number of anilines is 1. The summed E-state index contributed by atoms with van der Waals surface area (Å²) in [5, 5.41) is 2.92. The van der Waals surface area contributed by atoms with E-state index in [4.69, 9.17) is 10.5 Å². The Bertz CT molecular complexity index is 426. The molecule has 0 saturated carbocycles. The Morgan fingerprint density at radius 2 is 2.28 bits per heavy atom. The van der Waals surface area contributed by atoms with Gasteiger partial charge in [0.1, 0.15) is 0 Å². The van der Waals surface area contributed by atoms with Crippen molar-refractivity contribution in [3.05, 3.63) is 29.8 Å². The summed E-state index contributed by atoms with van der Waals surface area (Å²) in [6.07, 6.45) is 2.39. The number of amides is 1. The summed E-state index contributed by atoms with van der Waals surface area (Å²) in [5.74, 6) is -0.00961. The minimum atomic E-state index is -0.197. The van der Waals surface area contributed by atoms with Crippen LogP contribution in [0.5, 0.6) is 0 Å². The van der Waals surface area contributed by atoms with Crippen LogP contribution >= 0.6 is 0 Å². The van der Waals surface area contributed by atoms with Crippen LogP contribution in [0.25, 0.3) is 0 Å². The van der Waals surface area contributed by atoms with E-state index >= 15 is 0 Å². The standard InChI is InChI=1S/C14H20N2O2/c1-14(7-4-8-18-14)10-16-13(17)9-11-5-2-3-6-12(11)15/h2-3,5-6H,4,7-10,15H2,1H3,(H,16,17). The summed E-state index contributed by atoms with van der Waals surface area (Å²) < 4.78 is 5.63. The fourth-order valence-electron chi connectivity index (χ4n) is 2.19. The predicted molar refractivity (Wildman–Crippen MR) is 71.2 cm³/mol. The van der Waals surface area contributed by atoms with Crippen LogP contribution in [0.4, 0.5) is 5.69 Å². The molecule has 4 nitrogen and oxygen atoms in total. The van der Waals surface area contributed by atoms with E-state index < -0.39 is 0 Å². The quantitative estimate of drug-likeness (QED) is 0.794. The molecule has 1 fully saturated rings. The first-order valence-electron chi connectivity index (χ1n) is 6.33. The molecule has 1 aromatic carbocycles. The smallest absolute Gasteiger partial charge is 0.224 e. The van der Waals surface area contributed by atoms with Crippen molar-refractivity contribution >= 4 is 11.6 Å². The van der Waals surface area contributed by atoms with Crippen LogP contribution in [0.2, 0.25) is 0 Å². The largest absolute Gasteiger partial charge is 0.398 e. The molecule has 1 heterocycles. The molecule has 1 aliphatic heterocycles. The molecule has 18 heavy (non-hydrogen) atoms. The van der Waals surface area contributed by atoms with Crippen LogP contribution < -0.4 is 11.1 Å². The third kappa shape index (κ3) is 3.23. The maximum absolute atomic E-state index is 11.8. The predicted octanol–water partition coefficient (Wildman–Crippen LogP) is 1.50. The molecule has 0 radical (unpaired) electrons. The van der Waals surface area contributed by atoms with Crippen molar-refractivity contribution < 1.29 is 9.53 Å². The van der Waals surface area contributed by atoms with Crippen LogP contribution in [0.3, 0.4) is 0 Å². The summed E-state index contributed by atoms with van der Waals surface area (Å²) in [5.41, 5.74) is 7.14. The zero-order chi connectivity index (χ0) is 13.0. The number of para-hydroxylation sites is 1. The lowest BCUT2D eigenvalue weighted by Gasteiger charge is -2.23. The molecule has 2 rings (SSSR count). The van der Waals surface area contributed by atoms with Gasteiger partial charge in [0.2, 0.25) is 5.91 Å². The van der Waals surface area contributed by atoms with Gasteiger partial charge in [-0.2, -0.15) is 0 Å². The van der Waals surface area contributed by atoms with Crippen molar-refractivity contribution in [3.8, 4) is 0 Å². The van der Waals surface area contributed by atoms with Crippen LogP contribution in [0, 0.1) is 0 Å². The number of hydrogen-bond donors (Lipinski definition) is 2. The number of rotatable bonds is 4. The Morgan fingerprint density at radius 1 is 1.50 bits per heavy atom. The fourth-order valence-corrected chi connectivity index (χ4v) is 2.19. The minimum absolute atomic E-state index is 0.00961. The molecule has 0 spiro atoms. The maximum atomic E-state index is 11.8. The number of hydrogen-bond acceptors (Lipinski definition) is 3. The van der Waals surface area contributed by atoms with E-state index in [1.807, 2.05) is 31.2 Å². The molecule has 1 aliphatic rings. The van der Waals surface area contributed by atoms with Crippen molar-refractivity contribution in [3.63, 3.8) is 0 Å². The van der Waals surface area contributed by atoms with Crippen LogP contribution in [0.15, 0.2) is 24.3 Å². The molecule has 0 aliphatic carbocycles. The van der Waals surface area contributed by atoms with Gasteiger partial charge in [-0.25, -0.2) is 0 Å². The van der Waals surface area contributed by atoms with Gasteiger partial charge >= 0.3 is 0 Å². The third-order valence-electron chi connectivity index (χ3n) is 3.37. The first-order chi connectivity index (χ1) is 8.59. The van der Waals surface area contributed by atoms with Crippen LogP contribution in [0.1, 0.15) is 25.3 Å². The minimum Gasteiger partial charge on any atom is -0.398 e. The Balaban J connectivity index is 1.84. The molecule has 0 aromatic heterocycles. The molecule has 1 aromatic rings. The van der Waals surface area contributed by atoms with Gasteiger partial charge in [-0.05, 0) is 31.4 Å². The van der Waals surface area contributed by atoms with Crippen molar-refractivity contribution in [2.75, 3.05) is 18.9 Å². The van der Waals surface area contributed by atoms with E-state index in [9.17, 15) is 4.79 Å². The number of benzene rings is 1. The molecular weight excluding hydrogens is 228 g/mol. The van der Waals surface area contributed by atoms with Gasteiger partial charge < -0.3 is 15.8 Å². The molecule has 1 saturated heterocycles. The Hall–Kier alpha value is -1.55. The van der Waals surface area contributed by atoms with Crippen LogP contribution in [-0.4, -0.2) is 24.7 Å². The summed E-state index contributed by atoms with van der Waals surface area (Å²) in [4.78, 5) is 11.8. The average molecular weight is 248 g/mol. The lowest BCUT2D eigenvalue weighted by molar-refractivity contribution is -0.121. The second-order valence-corrected chi connectivity index (χ2v) is 5.05. The number of nitrogen functional groups attached to an aromatic ring is 1. The van der Waals surface area contributed by atoms with Crippen molar-refractivity contribution in [2.24, 2.45) is 0 Å². The van der Waals surface area contributed by atoms with Gasteiger partial charge in [0.25, 0.3) is 0 Å². The van der Waals surface area contributed by atoms with Gasteiger partial charge in [0, 0.05) is 18.8 Å². The molecule has 1 atom stereocenters. The molecule has 1 amide bonds. The van der Waals surface area contributed by atoms with Crippen molar-refractivity contribution in [1.29, 1.82) is 0 Å². The Labute approximate surface area is 108 Å². The fraction of sp³-hybridized carbons (Fsp3) is 0.500. The maximum Gasteiger partial charge on any atom is 0.224 e. The normalized spacial score (nSPS) is 22.9.